The highest BCUT2D eigenvalue weighted by Gasteiger charge is 2.31. The Morgan fingerprint density at radius 2 is 2.00 bits per heavy atom. The standard InChI is InChI=1S/C19H28N4O3/c1-14-3-4-17(11-15(14)2)23-13-16(12-18(23)24)21-19(25)20-5-6-22-7-9-26-10-8-22/h3-4,11,16H,5-10,12-13H2,1-2H3,(H2,20,21,25). The maximum atomic E-state index is 12.3. The van der Waals surface area contributed by atoms with Gasteiger partial charge < -0.3 is 20.3 Å². The summed E-state index contributed by atoms with van der Waals surface area (Å²) in [6.07, 6.45) is 0.337. The number of hydrogen-bond acceptors (Lipinski definition) is 4. The number of nitrogens with zero attached hydrogens (tertiary/aromatic N) is 2. The van der Waals surface area contributed by atoms with Gasteiger partial charge in [0, 0.05) is 44.8 Å². The van der Waals surface area contributed by atoms with E-state index in [4.69, 9.17) is 4.74 Å². The lowest BCUT2D eigenvalue weighted by molar-refractivity contribution is -0.117. The quantitative estimate of drug-likeness (QED) is 0.823. The zero-order valence-corrected chi connectivity index (χ0v) is 15.6. The first kappa shape index (κ1) is 18.7. The average Bonchev–Trinajstić information content (AvgIpc) is 2.98. The molecule has 2 heterocycles. The number of rotatable bonds is 5. The van der Waals surface area contributed by atoms with E-state index < -0.39 is 0 Å². The van der Waals surface area contributed by atoms with Crippen LogP contribution in [0.15, 0.2) is 18.2 Å². The van der Waals surface area contributed by atoms with Crippen molar-refractivity contribution in [1.82, 2.24) is 15.5 Å². The van der Waals surface area contributed by atoms with Gasteiger partial charge in [-0.05, 0) is 37.1 Å². The molecule has 0 saturated carbocycles. The van der Waals surface area contributed by atoms with Gasteiger partial charge in [0.15, 0.2) is 0 Å². The van der Waals surface area contributed by atoms with Gasteiger partial charge in [-0.15, -0.1) is 0 Å². The van der Waals surface area contributed by atoms with Gasteiger partial charge in [-0.1, -0.05) is 6.07 Å². The summed E-state index contributed by atoms with van der Waals surface area (Å²) in [5.74, 6) is 0.0480. The van der Waals surface area contributed by atoms with Crippen LogP contribution in [0.25, 0.3) is 0 Å². The third-order valence-electron chi connectivity index (χ3n) is 5.08. The number of benzene rings is 1. The minimum absolute atomic E-state index is 0.0480. The van der Waals surface area contributed by atoms with E-state index in [0.29, 0.717) is 19.5 Å². The van der Waals surface area contributed by atoms with Gasteiger partial charge in [0.05, 0.1) is 19.3 Å². The Kier molecular flexibility index (Phi) is 6.11. The number of hydrogen-bond donors (Lipinski definition) is 2. The molecule has 2 saturated heterocycles. The van der Waals surface area contributed by atoms with Crippen molar-refractivity contribution in [3.05, 3.63) is 29.3 Å². The van der Waals surface area contributed by atoms with Crippen molar-refractivity contribution in [3.8, 4) is 0 Å². The highest BCUT2D eigenvalue weighted by Crippen LogP contribution is 2.24. The summed E-state index contributed by atoms with van der Waals surface area (Å²) in [6, 6.07) is 5.64. The number of nitrogens with one attached hydrogen (secondary N) is 2. The number of amides is 3. The van der Waals surface area contributed by atoms with Gasteiger partial charge in [0.25, 0.3) is 0 Å². The fourth-order valence-electron chi connectivity index (χ4n) is 3.34. The van der Waals surface area contributed by atoms with Crippen molar-refractivity contribution in [3.63, 3.8) is 0 Å². The molecular weight excluding hydrogens is 332 g/mol. The topological polar surface area (TPSA) is 73.9 Å². The Morgan fingerprint density at radius 1 is 1.23 bits per heavy atom. The van der Waals surface area contributed by atoms with E-state index >= 15 is 0 Å². The molecule has 7 heteroatoms. The molecule has 2 aliphatic heterocycles. The number of morpholine rings is 1. The van der Waals surface area contributed by atoms with E-state index in [9.17, 15) is 9.59 Å². The van der Waals surface area contributed by atoms with Crippen molar-refractivity contribution < 1.29 is 14.3 Å². The molecule has 0 bridgehead atoms. The van der Waals surface area contributed by atoms with E-state index in [1.54, 1.807) is 4.90 Å². The molecule has 1 aromatic carbocycles. The Balaban J connectivity index is 1.44. The first-order chi connectivity index (χ1) is 12.5. The molecule has 3 rings (SSSR count). The number of ether oxygens (including phenoxy) is 1. The molecule has 2 fully saturated rings. The zero-order chi connectivity index (χ0) is 18.5. The summed E-state index contributed by atoms with van der Waals surface area (Å²) in [5, 5.41) is 5.80. The van der Waals surface area contributed by atoms with Crippen LogP contribution >= 0.6 is 0 Å². The number of urea groups is 1. The molecule has 2 aliphatic rings. The maximum absolute atomic E-state index is 12.3. The van der Waals surface area contributed by atoms with E-state index in [1.807, 2.05) is 25.1 Å². The van der Waals surface area contributed by atoms with Crippen molar-refractivity contribution in [1.29, 1.82) is 0 Å². The van der Waals surface area contributed by atoms with Gasteiger partial charge in [-0.25, -0.2) is 4.79 Å². The molecule has 26 heavy (non-hydrogen) atoms. The second-order valence-corrected chi connectivity index (χ2v) is 7.03. The Morgan fingerprint density at radius 3 is 2.73 bits per heavy atom. The fraction of sp³-hybridized carbons (Fsp3) is 0.579. The SMILES string of the molecule is Cc1ccc(N2CC(NC(=O)NCCN3CCOCC3)CC2=O)cc1C. The van der Waals surface area contributed by atoms with Crippen LogP contribution in [-0.2, 0) is 9.53 Å². The molecule has 7 nitrogen and oxygen atoms in total. The molecule has 1 atom stereocenters. The lowest BCUT2D eigenvalue weighted by Gasteiger charge is -2.26. The van der Waals surface area contributed by atoms with Crippen LogP contribution in [0.5, 0.6) is 0 Å². The summed E-state index contributed by atoms with van der Waals surface area (Å²) < 4.78 is 5.31. The maximum Gasteiger partial charge on any atom is 0.315 e. The summed E-state index contributed by atoms with van der Waals surface area (Å²) >= 11 is 0. The lowest BCUT2D eigenvalue weighted by atomic mass is 10.1. The lowest BCUT2D eigenvalue weighted by Crippen LogP contribution is -2.46. The van der Waals surface area contributed by atoms with Crippen LogP contribution in [0.1, 0.15) is 17.5 Å². The highest BCUT2D eigenvalue weighted by molar-refractivity contribution is 5.96. The molecule has 1 aromatic rings. The van der Waals surface area contributed by atoms with Gasteiger partial charge >= 0.3 is 6.03 Å². The van der Waals surface area contributed by atoms with E-state index in [1.165, 1.54) is 5.56 Å². The molecule has 142 valence electrons. The van der Waals surface area contributed by atoms with Crippen LogP contribution < -0.4 is 15.5 Å². The van der Waals surface area contributed by atoms with Crippen LogP contribution in [0.2, 0.25) is 0 Å². The Hall–Kier alpha value is -2.12. The minimum Gasteiger partial charge on any atom is -0.379 e. The summed E-state index contributed by atoms with van der Waals surface area (Å²) in [4.78, 5) is 28.4. The van der Waals surface area contributed by atoms with Crippen LogP contribution in [0.3, 0.4) is 0 Å². The number of carbonyl (C=O) groups excluding carboxylic acids is 2. The second kappa shape index (κ2) is 8.51. The molecule has 1 unspecified atom stereocenters. The molecule has 0 radical (unpaired) electrons. The van der Waals surface area contributed by atoms with Gasteiger partial charge in [0.2, 0.25) is 5.91 Å². The van der Waals surface area contributed by atoms with E-state index in [2.05, 4.69) is 22.5 Å². The zero-order valence-electron chi connectivity index (χ0n) is 15.6. The summed E-state index contributed by atoms with van der Waals surface area (Å²) in [5.41, 5.74) is 3.26. The fourth-order valence-corrected chi connectivity index (χ4v) is 3.34. The van der Waals surface area contributed by atoms with Crippen molar-refractivity contribution in [2.45, 2.75) is 26.3 Å². The molecule has 3 amide bonds. The number of aryl methyl sites for hydroxylation is 2. The first-order valence-electron chi connectivity index (χ1n) is 9.25. The Bertz CT molecular complexity index is 658. The van der Waals surface area contributed by atoms with Crippen molar-refractivity contribution >= 4 is 17.6 Å². The third kappa shape index (κ3) is 4.74. The first-order valence-corrected chi connectivity index (χ1v) is 9.25. The average molecular weight is 360 g/mol. The molecule has 0 aliphatic carbocycles. The molecule has 0 spiro atoms. The van der Waals surface area contributed by atoms with E-state index in [0.717, 1.165) is 44.1 Å². The van der Waals surface area contributed by atoms with Gasteiger partial charge in [0.1, 0.15) is 0 Å². The third-order valence-corrected chi connectivity index (χ3v) is 5.08. The largest absolute Gasteiger partial charge is 0.379 e. The normalized spacial score (nSPS) is 21.1. The van der Waals surface area contributed by atoms with E-state index in [-0.39, 0.29) is 18.0 Å². The number of carbonyl (C=O) groups is 2. The van der Waals surface area contributed by atoms with Crippen LogP contribution in [-0.4, -0.2) is 68.8 Å². The molecule has 2 N–H and O–H groups in total. The Labute approximate surface area is 154 Å². The monoisotopic (exact) mass is 360 g/mol. The predicted octanol–water partition coefficient (Wildman–Crippen LogP) is 1.04. The molecular formula is C19H28N4O3. The minimum atomic E-state index is -0.210. The smallest absolute Gasteiger partial charge is 0.315 e. The van der Waals surface area contributed by atoms with Crippen molar-refractivity contribution in [2.24, 2.45) is 0 Å². The predicted molar refractivity (Wildman–Crippen MR) is 100 cm³/mol. The van der Waals surface area contributed by atoms with Gasteiger partial charge in [-0.3, -0.25) is 9.69 Å². The van der Waals surface area contributed by atoms with Crippen LogP contribution in [0.4, 0.5) is 10.5 Å². The van der Waals surface area contributed by atoms with Gasteiger partial charge in [-0.2, -0.15) is 0 Å². The second-order valence-electron chi connectivity index (χ2n) is 7.03. The molecule has 0 aromatic heterocycles. The summed E-state index contributed by atoms with van der Waals surface area (Å²) in [7, 11) is 0. The number of anilines is 1. The summed E-state index contributed by atoms with van der Waals surface area (Å²) in [6.45, 7) is 9.33. The highest BCUT2D eigenvalue weighted by atomic mass is 16.5. The van der Waals surface area contributed by atoms with Crippen LogP contribution in [0, 0.1) is 13.8 Å². The van der Waals surface area contributed by atoms with Crippen molar-refractivity contribution in [2.75, 3.05) is 50.8 Å².